The molecule has 0 radical (unpaired) electrons. The van der Waals surface area contributed by atoms with Gasteiger partial charge in [0.15, 0.2) is 0 Å². The van der Waals surface area contributed by atoms with Crippen LogP contribution in [0.25, 0.3) is 0 Å². The Morgan fingerprint density at radius 1 is 0.879 bits per heavy atom. The number of hydrogen-bond donors (Lipinski definition) is 4. The number of ketones is 1. The molecule has 3 unspecified atom stereocenters. The minimum atomic E-state index is -0.782. The molecule has 190 valence electrons. The molecule has 0 aliphatic heterocycles. The van der Waals surface area contributed by atoms with Gasteiger partial charge >= 0.3 is 0 Å². The molecule has 0 saturated heterocycles. The van der Waals surface area contributed by atoms with Crippen molar-refractivity contribution in [1.29, 1.82) is 0 Å². The Morgan fingerprint density at radius 2 is 1.52 bits per heavy atom. The molecule has 4 aliphatic carbocycles. The average molecular weight is 465 g/mol. The predicted octanol–water partition coefficient (Wildman–Crippen LogP) is 3.81. The van der Waals surface area contributed by atoms with Crippen LogP contribution in [0.5, 0.6) is 0 Å². The third-order valence-corrected chi connectivity index (χ3v) is 11.7. The van der Waals surface area contributed by atoms with E-state index < -0.39 is 24.4 Å². The Morgan fingerprint density at radius 3 is 2.15 bits per heavy atom. The highest BCUT2D eigenvalue weighted by atomic mass is 16.3. The largest absolute Gasteiger partial charge is 0.390 e. The lowest BCUT2D eigenvalue weighted by molar-refractivity contribution is -0.175. The number of aliphatic hydroxyl groups is 4. The van der Waals surface area contributed by atoms with E-state index in [2.05, 4.69) is 34.6 Å². The van der Waals surface area contributed by atoms with Crippen LogP contribution in [0.1, 0.15) is 86.5 Å². The van der Waals surface area contributed by atoms with Crippen LogP contribution in [0.3, 0.4) is 0 Å². The SMILES string of the molecule is CC(C)[C@@H](C)C(O)C(O)[C@@H](C)[C@H]1CC[C@H]2[C@@H]3CC(=O)C4C[C@H](O)[C@@H](O)C[C@]4(C)[C@H]3CC[C@]12C. The first-order chi connectivity index (χ1) is 15.3. The molecule has 0 spiro atoms. The van der Waals surface area contributed by atoms with Gasteiger partial charge in [0, 0.05) is 12.3 Å². The van der Waals surface area contributed by atoms with Crippen molar-refractivity contribution in [3.63, 3.8) is 0 Å². The highest BCUT2D eigenvalue weighted by Crippen LogP contribution is 2.67. The van der Waals surface area contributed by atoms with E-state index >= 15 is 0 Å². The van der Waals surface area contributed by atoms with Crippen LogP contribution in [0.2, 0.25) is 0 Å². The lowest BCUT2D eigenvalue weighted by atomic mass is 9.44. The van der Waals surface area contributed by atoms with Crippen molar-refractivity contribution in [2.24, 2.45) is 58.2 Å². The quantitative estimate of drug-likeness (QED) is 0.496. The fraction of sp³-hybridized carbons (Fsp3) is 0.964. The Hall–Kier alpha value is -0.490. The Labute approximate surface area is 200 Å². The topological polar surface area (TPSA) is 98.0 Å². The van der Waals surface area contributed by atoms with Crippen LogP contribution in [0, 0.1) is 58.2 Å². The zero-order valence-electron chi connectivity index (χ0n) is 21.6. The molecule has 0 aromatic rings. The van der Waals surface area contributed by atoms with Crippen molar-refractivity contribution in [1.82, 2.24) is 0 Å². The Balaban J connectivity index is 1.56. The van der Waals surface area contributed by atoms with Crippen LogP contribution in [-0.2, 0) is 4.79 Å². The zero-order chi connectivity index (χ0) is 24.5. The second-order valence-corrected chi connectivity index (χ2v) is 13.4. The van der Waals surface area contributed by atoms with Gasteiger partial charge in [-0.2, -0.15) is 0 Å². The molecular formula is C28H48O5. The van der Waals surface area contributed by atoms with E-state index in [4.69, 9.17) is 0 Å². The van der Waals surface area contributed by atoms with Crippen LogP contribution in [-0.4, -0.2) is 50.6 Å². The highest BCUT2D eigenvalue weighted by molar-refractivity contribution is 5.83. The van der Waals surface area contributed by atoms with Crippen molar-refractivity contribution in [2.45, 2.75) is 111 Å². The molecule has 4 rings (SSSR count). The van der Waals surface area contributed by atoms with E-state index in [0.29, 0.717) is 48.9 Å². The van der Waals surface area contributed by atoms with Gasteiger partial charge in [-0.15, -0.1) is 0 Å². The summed E-state index contributed by atoms with van der Waals surface area (Å²) in [5, 5.41) is 42.8. The fourth-order valence-corrected chi connectivity index (χ4v) is 9.23. The maximum Gasteiger partial charge on any atom is 0.136 e. The number of fused-ring (bicyclic) bond motifs is 5. The van der Waals surface area contributed by atoms with Crippen molar-refractivity contribution < 1.29 is 25.2 Å². The normalized spacial score (nSPS) is 49.1. The van der Waals surface area contributed by atoms with Crippen molar-refractivity contribution >= 4 is 5.78 Å². The third kappa shape index (κ3) is 3.93. The lowest BCUT2D eigenvalue weighted by Gasteiger charge is -2.61. The third-order valence-electron chi connectivity index (χ3n) is 11.7. The number of rotatable bonds is 5. The van der Waals surface area contributed by atoms with Gasteiger partial charge in [0.05, 0.1) is 24.4 Å². The van der Waals surface area contributed by atoms with Gasteiger partial charge in [0.25, 0.3) is 0 Å². The van der Waals surface area contributed by atoms with E-state index in [1.165, 1.54) is 0 Å². The van der Waals surface area contributed by atoms with Gasteiger partial charge in [0.2, 0.25) is 0 Å². The van der Waals surface area contributed by atoms with Crippen molar-refractivity contribution in [3.05, 3.63) is 0 Å². The number of carbonyl (C=O) groups excluding carboxylic acids is 1. The maximum absolute atomic E-state index is 13.3. The summed E-state index contributed by atoms with van der Waals surface area (Å²) in [6, 6.07) is 0. The second-order valence-electron chi connectivity index (χ2n) is 13.4. The monoisotopic (exact) mass is 464 g/mol. The first-order valence-corrected chi connectivity index (χ1v) is 13.6. The summed E-state index contributed by atoms with van der Waals surface area (Å²) in [7, 11) is 0. The maximum atomic E-state index is 13.3. The molecule has 0 heterocycles. The number of aliphatic hydroxyl groups excluding tert-OH is 4. The number of Topliss-reactive ketones (excluding diaryl/α,β-unsaturated/α-hetero) is 1. The molecule has 4 aliphatic rings. The van der Waals surface area contributed by atoms with E-state index in [9.17, 15) is 25.2 Å². The molecule has 5 heteroatoms. The molecule has 4 saturated carbocycles. The molecule has 0 aromatic heterocycles. The smallest absolute Gasteiger partial charge is 0.136 e. The first kappa shape index (κ1) is 25.6. The first-order valence-electron chi connectivity index (χ1n) is 13.6. The van der Waals surface area contributed by atoms with Gasteiger partial charge in [-0.1, -0.05) is 41.5 Å². The van der Waals surface area contributed by atoms with Gasteiger partial charge in [-0.3, -0.25) is 4.79 Å². The molecule has 4 N–H and O–H groups in total. The van der Waals surface area contributed by atoms with Gasteiger partial charge in [-0.05, 0) is 90.8 Å². The minimum Gasteiger partial charge on any atom is -0.390 e. The molecule has 0 amide bonds. The van der Waals surface area contributed by atoms with Crippen molar-refractivity contribution in [3.8, 4) is 0 Å². The number of hydrogen-bond acceptors (Lipinski definition) is 5. The molecule has 5 nitrogen and oxygen atoms in total. The molecule has 0 aromatic carbocycles. The van der Waals surface area contributed by atoms with E-state index in [0.717, 1.165) is 25.7 Å². The van der Waals surface area contributed by atoms with Crippen molar-refractivity contribution in [2.75, 3.05) is 0 Å². The zero-order valence-corrected chi connectivity index (χ0v) is 21.6. The fourth-order valence-electron chi connectivity index (χ4n) is 9.23. The molecule has 13 atom stereocenters. The molecular weight excluding hydrogens is 416 g/mol. The van der Waals surface area contributed by atoms with Crippen LogP contribution >= 0.6 is 0 Å². The summed E-state index contributed by atoms with van der Waals surface area (Å²) in [4.78, 5) is 13.3. The predicted molar refractivity (Wildman–Crippen MR) is 128 cm³/mol. The summed E-state index contributed by atoms with van der Waals surface area (Å²) in [6.07, 6.45) is 2.80. The standard InChI is InChI=1S/C28H48O5/c1-14(2)15(3)25(32)26(33)16(4)18-7-8-19-17-11-22(29)21-12-23(30)24(31)13-28(21,6)20(17)9-10-27(18,19)5/h14-21,23-26,30-33H,7-13H2,1-6H3/t15-,16+,17+,18-,19+,20+,21?,23+,24+,25?,26?,27-,28-/m1/s1. The summed E-state index contributed by atoms with van der Waals surface area (Å²) in [5.74, 6) is 2.05. The van der Waals surface area contributed by atoms with Gasteiger partial charge < -0.3 is 20.4 Å². The summed E-state index contributed by atoms with van der Waals surface area (Å²) >= 11 is 0. The van der Waals surface area contributed by atoms with E-state index in [-0.39, 0.29) is 34.4 Å². The summed E-state index contributed by atoms with van der Waals surface area (Å²) in [5.41, 5.74) is -0.162. The Bertz CT molecular complexity index is 738. The summed E-state index contributed by atoms with van der Waals surface area (Å²) in [6.45, 7) is 12.9. The lowest BCUT2D eigenvalue weighted by Crippen LogP contribution is -2.59. The highest BCUT2D eigenvalue weighted by Gasteiger charge is 2.63. The second kappa shape index (κ2) is 8.87. The molecule has 4 fully saturated rings. The van der Waals surface area contributed by atoms with E-state index in [1.807, 2.05) is 6.92 Å². The minimum absolute atomic E-state index is 0.0158. The van der Waals surface area contributed by atoms with E-state index in [1.54, 1.807) is 0 Å². The van der Waals surface area contributed by atoms with Crippen LogP contribution in [0.4, 0.5) is 0 Å². The summed E-state index contributed by atoms with van der Waals surface area (Å²) < 4.78 is 0. The molecule has 33 heavy (non-hydrogen) atoms. The van der Waals surface area contributed by atoms with Gasteiger partial charge in [-0.25, -0.2) is 0 Å². The van der Waals surface area contributed by atoms with Crippen LogP contribution in [0.15, 0.2) is 0 Å². The average Bonchev–Trinajstić information content (AvgIpc) is 3.10. The Kier molecular flexibility index (Phi) is 6.88. The number of carbonyl (C=O) groups is 1. The van der Waals surface area contributed by atoms with Gasteiger partial charge in [0.1, 0.15) is 5.78 Å². The molecule has 0 bridgehead atoms. The van der Waals surface area contributed by atoms with Crippen LogP contribution < -0.4 is 0 Å².